The molecule has 0 unspecified atom stereocenters. The van der Waals surface area contributed by atoms with Gasteiger partial charge in [0, 0.05) is 36.7 Å². The molecule has 0 spiro atoms. The second-order valence-corrected chi connectivity index (χ2v) is 8.39. The van der Waals surface area contributed by atoms with Crippen molar-refractivity contribution in [3.8, 4) is 16.8 Å². The number of imidazole rings is 1. The number of benzene rings is 2. The van der Waals surface area contributed by atoms with Crippen LogP contribution in [-0.2, 0) is 17.7 Å². The van der Waals surface area contributed by atoms with Crippen molar-refractivity contribution >= 4 is 33.8 Å². The maximum atomic E-state index is 14.0. The van der Waals surface area contributed by atoms with Crippen LogP contribution in [0.25, 0.3) is 38.8 Å². The second-order valence-electron chi connectivity index (χ2n) is 8.39. The van der Waals surface area contributed by atoms with E-state index in [2.05, 4.69) is 20.0 Å². The van der Waals surface area contributed by atoms with Crippen molar-refractivity contribution in [1.82, 2.24) is 19.1 Å². The molecule has 1 N–H and O–H groups in total. The number of rotatable bonds is 4. The number of methoxy groups -OCH3 is 1. The summed E-state index contributed by atoms with van der Waals surface area (Å²) in [4.78, 5) is 33.4. The zero-order chi connectivity index (χ0) is 25.6. The number of aromatic nitrogens is 4. The van der Waals surface area contributed by atoms with Gasteiger partial charge < -0.3 is 4.74 Å². The topological polar surface area (TPSA) is 91.0 Å². The molecule has 0 radical (unpaired) electrons. The Kier molecular flexibility index (Phi) is 5.51. The Morgan fingerprint density at radius 1 is 1.03 bits per heavy atom. The van der Waals surface area contributed by atoms with Crippen molar-refractivity contribution in [3.05, 3.63) is 83.0 Å². The Morgan fingerprint density at radius 2 is 1.81 bits per heavy atom. The highest BCUT2D eigenvalue weighted by atomic mass is 19.3. The number of pyridine rings is 2. The summed E-state index contributed by atoms with van der Waals surface area (Å²) in [5.74, 6) is -2.72. The summed E-state index contributed by atoms with van der Waals surface area (Å²) in [5, 5.41) is 3.17. The number of halogens is 2. The summed E-state index contributed by atoms with van der Waals surface area (Å²) in [7, 11) is 2.88. The molecule has 5 rings (SSSR count). The summed E-state index contributed by atoms with van der Waals surface area (Å²) in [6, 6.07) is 14.8. The number of fused-ring (bicyclic) bond motifs is 3. The van der Waals surface area contributed by atoms with Crippen molar-refractivity contribution in [1.29, 1.82) is 0 Å². The largest absolute Gasteiger partial charge is 0.453 e. The van der Waals surface area contributed by atoms with Crippen LogP contribution in [0.2, 0.25) is 0 Å². The number of ether oxygens (including phenoxy) is 1. The van der Waals surface area contributed by atoms with Gasteiger partial charge in [-0.3, -0.25) is 19.4 Å². The second kappa shape index (κ2) is 8.56. The standard InChI is InChI=1S/C26H21F2N5O3/c1-26(27,28)17-5-4-6-18(12-17)33-23-19-11-15(16-8-10-22(30-13-16)31-24(34)36-3)7-9-20(19)29-14-21(23)32(2)25(33)35/h4-14H,1-3H3,(H,30,31,34). The first-order valence-corrected chi connectivity index (χ1v) is 11.0. The van der Waals surface area contributed by atoms with Crippen molar-refractivity contribution in [2.45, 2.75) is 12.8 Å². The lowest BCUT2D eigenvalue weighted by atomic mass is 10.0. The van der Waals surface area contributed by atoms with E-state index >= 15 is 0 Å². The maximum Gasteiger partial charge on any atom is 0.412 e. The molecule has 0 saturated heterocycles. The summed E-state index contributed by atoms with van der Waals surface area (Å²) in [6.07, 6.45) is 2.58. The predicted octanol–water partition coefficient (Wildman–Crippen LogP) is 5.23. The number of carbonyl (C=O) groups excluding carboxylic acids is 1. The molecule has 5 aromatic rings. The third-order valence-corrected chi connectivity index (χ3v) is 6.01. The normalized spacial score (nSPS) is 11.7. The highest BCUT2D eigenvalue weighted by Crippen LogP contribution is 2.32. The van der Waals surface area contributed by atoms with E-state index in [4.69, 9.17) is 0 Å². The molecule has 0 bridgehead atoms. The quantitative estimate of drug-likeness (QED) is 0.373. The third kappa shape index (κ3) is 3.96. The molecular weight excluding hydrogens is 468 g/mol. The molecule has 1 amide bonds. The fourth-order valence-corrected chi connectivity index (χ4v) is 4.13. The Morgan fingerprint density at radius 3 is 2.50 bits per heavy atom. The lowest BCUT2D eigenvalue weighted by Crippen LogP contribution is -2.21. The highest BCUT2D eigenvalue weighted by Gasteiger charge is 2.25. The van der Waals surface area contributed by atoms with Crippen LogP contribution in [0, 0.1) is 0 Å². The van der Waals surface area contributed by atoms with Crippen LogP contribution in [0.5, 0.6) is 0 Å². The van der Waals surface area contributed by atoms with Gasteiger partial charge in [0.2, 0.25) is 0 Å². The van der Waals surface area contributed by atoms with Gasteiger partial charge in [0.15, 0.2) is 0 Å². The molecule has 36 heavy (non-hydrogen) atoms. The molecule has 10 heteroatoms. The van der Waals surface area contributed by atoms with Crippen molar-refractivity contribution in [3.63, 3.8) is 0 Å². The summed E-state index contributed by atoms with van der Waals surface area (Å²) in [6.45, 7) is 0.823. The zero-order valence-corrected chi connectivity index (χ0v) is 19.6. The molecule has 3 heterocycles. The van der Waals surface area contributed by atoms with Crippen LogP contribution < -0.4 is 11.0 Å². The fraction of sp³-hybridized carbons (Fsp3) is 0.154. The van der Waals surface area contributed by atoms with E-state index < -0.39 is 12.0 Å². The SMILES string of the molecule is COC(=O)Nc1ccc(-c2ccc3ncc4c(c3c2)n(-c2cccc(C(C)(F)F)c2)c(=O)n4C)cn1. The van der Waals surface area contributed by atoms with Gasteiger partial charge in [-0.1, -0.05) is 18.2 Å². The Bertz CT molecular complexity index is 1690. The van der Waals surface area contributed by atoms with Gasteiger partial charge in [-0.05, 0) is 42.0 Å². The average Bonchev–Trinajstić information content (AvgIpc) is 3.14. The van der Waals surface area contributed by atoms with Gasteiger partial charge in [-0.2, -0.15) is 0 Å². The molecular formula is C26H21F2N5O3. The van der Waals surface area contributed by atoms with Gasteiger partial charge in [0.1, 0.15) is 5.82 Å². The number of anilines is 1. The maximum absolute atomic E-state index is 14.0. The number of alkyl halides is 2. The number of aryl methyl sites for hydroxylation is 1. The van der Waals surface area contributed by atoms with E-state index in [0.29, 0.717) is 33.4 Å². The minimum atomic E-state index is -3.05. The number of nitrogens with one attached hydrogen (secondary N) is 1. The van der Waals surface area contributed by atoms with E-state index in [-0.39, 0.29) is 11.3 Å². The van der Waals surface area contributed by atoms with E-state index in [1.54, 1.807) is 37.6 Å². The zero-order valence-electron chi connectivity index (χ0n) is 19.6. The van der Waals surface area contributed by atoms with E-state index in [1.807, 2.05) is 18.2 Å². The van der Waals surface area contributed by atoms with Crippen molar-refractivity contribution in [2.75, 3.05) is 12.4 Å². The molecule has 0 saturated carbocycles. The molecule has 0 aliphatic rings. The van der Waals surface area contributed by atoms with Crippen LogP contribution in [0.4, 0.5) is 19.4 Å². The molecule has 0 fully saturated rings. The Balaban J connectivity index is 1.70. The molecule has 3 aromatic heterocycles. The first-order valence-electron chi connectivity index (χ1n) is 11.0. The van der Waals surface area contributed by atoms with Gasteiger partial charge >= 0.3 is 11.8 Å². The smallest absolute Gasteiger partial charge is 0.412 e. The van der Waals surface area contributed by atoms with Crippen LogP contribution in [0.15, 0.2) is 71.8 Å². The predicted molar refractivity (Wildman–Crippen MR) is 133 cm³/mol. The highest BCUT2D eigenvalue weighted by molar-refractivity contribution is 6.04. The molecule has 0 atom stereocenters. The van der Waals surface area contributed by atoms with E-state index in [1.165, 1.54) is 34.4 Å². The van der Waals surface area contributed by atoms with Crippen molar-refractivity contribution < 1.29 is 18.3 Å². The van der Waals surface area contributed by atoms with Gasteiger partial charge in [0.05, 0.1) is 35.5 Å². The summed E-state index contributed by atoms with van der Waals surface area (Å²) < 4.78 is 35.5. The molecule has 182 valence electrons. The molecule has 0 aliphatic carbocycles. The number of nitrogens with zero attached hydrogens (tertiary/aromatic N) is 4. The number of amides is 1. The number of carbonyl (C=O) groups is 1. The van der Waals surface area contributed by atoms with Crippen LogP contribution in [0.3, 0.4) is 0 Å². The Labute approximate surface area is 203 Å². The molecule has 2 aromatic carbocycles. The average molecular weight is 489 g/mol. The monoisotopic (exact) mass is 489 g/mol. The minimum Gasteiger partial charge on any atom is -0.453 e. The number of hydrogen-bond acceptors (Lipinski definition) is 5. The first kappa shape index (κ1) is 23.2. The van der Waals surface area contributed by atoms with Crippen LogP contribution in [-0.4, -0.2) is 32.3 Å². The van der Waals surface area contributed by atoms with Crippen LogP contribution in [0.1, 0.15) is 12.5 Å². The lowest BCUT2D eigenvalue weighted by molar-refractivity contribution is 0.0174. The fourth-order valence-electron chi connectivity index (χ4n) is 4.13. The number of hydrogen-bond donors (Lipinski definition) is 1. The minimum absolute atomic E-state index is 0.185. The van der Waals surface area contributed by atoms with Crippen molar-refractivity contribution in [2.24, 2.45) is 7.05 Å². The van der Waals surface area contributed by atoms with Gasteiger partial charge in [-0.25, -0.2) is 23.4 Å². The van der Waals surface area contributed by atoms with E-state index in [9.17, 15) is 18.4 Å². The summed E-state index contributed by atoms with van der Waals surface area (Å²) >= 11 is 0. The third-order valence-electron chi connectivity index (χ3n) is 6.01. The summed E-state index contributed by atoms with van der Waals surface area (Å²) in [5.41, 5.74) is 3.10. The molecule has 0 aliphatic heterocycles. The van der Waals surface area contributed by atoms with Crippen LogP contribution >= 0.6 is 0 Å². The first-order chi connectivity index (χ1) is 17.2. The van der Waals surface area contributed by atoms with E-state index in [0.717, 1.165) is 18.1 Å². The Hall–Kier alpha value is -4.60. The molecule has 8 nitrogen and oxygen atoms in total. The lowest BCUT2D eigenvalue weighted by Gasteiger charge is -2.13. The van der Waals surface area contributed by atoms with Gasteiger partial charge in [0.25, 0.3) is 5.92 Å². The van der Waals surface area contributed by atoms with Gasteiger partial charge in [-0.15, -0.1) is 0 Å².